The zero-order valence-electron chi connectivity index (χ0n) is 17.2. The zero-order valence-corrected chi connectivity index (χ0v) is 17.2. The van der Waals surface area contributed by atoms with E-state index in [0.29, 0.717) is 19.5 Å². The topological polar surface area (TPSA) is 160 Å². The van der Waals surface area contributed by atoms with Crippen molar-refractivity contribution >= 4 is 28.9 Å². The third kappa shape index (κ3) is 3.39. The minimum Gasteiger partial charge on any atom is -0.477 e. The third-order valence-corrected chi connectivity index (χ3v) is 5.78. The second-order valence-corrected chi connectivity index (χ2v) is 7.81. The Balaban J connectivity index is 1.32. The molecule has 11 heteroatoms. The highest BCUT2D eigenvalue weighted by Crippen LogP contribution is 2.26. The van der Waals surface area contributed by atoms with Crippen LogP contribution in [0.2, 0.25) is 0 Å². The molecule has 1 aliphatic heterocycles. The van der Waals surface area contributed by atoms with Gasteiger partial charge in [0.05, 0.1) is 6.20 Å². The fourth-order valence-corrected chi connectivity index (χ4v) is 4.08. The standard InChI is InChI=1S/C22H18N6O5/c23-17-18(20(30)19(17)29)27-6-4-12-2-1-11(7-13(12)10-27)9-24-21(31)14-8-15(22(32)33)28-16(26-14)3-5-25-28/h1-3,5,7-8H,4,6,9-10,23H2,(H,24,31)(H,32,33). The van der Waals surface area contributed by atoms with Crippen LogP contribution in [0, 0.1) is 0 Å². The summed E-state index contributed by atoms with van der Waals surface area (Å²) in [5.41, 5.74) is 7.79. The summed E-state index contributed by atoms with van der Waals surface area (Å²) in [6.07, 6.45) is 2.11. The Morgan fingerprint density at radius 2 is 1.94 bits per heavy atom. The number of carbonyl (C=O) groups is 2. The number of amides is 1. The van der Waals surface area contributed by atoms with E-state index in [2.05, 4.69) is 15.4 Å². The lowest BCUT2D eigenvalue weighted by Crippen LogP contribution is -2.44. The van der Waals surface area contributed by atoms with Gasteiger partial charge in [-0.15, -0.1) is 0 Å². The molecule has 166 valence electrons. The molecule has 4 aromatic rings. The minimum atomic E-state index is -1.22. The number of nitrogen functional groups attached to an aromatic ring is 1. The predicted octanol–water partition coefficient (Wildman–Crippen LogP) is 0.0984. The van der Waals surface area contributed by atoms with Gasteiger partial charge >= 0.3 is 5.97 Å². The van der Waals surface area contributed by atoms with Crippen LogP contribution in [-0.4, -0.2) is 38.1 Å². The summed E-state index contributed by atoms with van der Waals surface area (Å²) < 4.78 is 1.15. The average molecular weight is 446 g/mol. The van der Waals surface area contributed by atoms with E-state index in [4.69, 9.17) is 5.73 Å². The van der Waals surface area contributed by atoms with Gasteiger partial charge in [0, 0.05) is 31.8 Å². The number of rotatable bonds is 5. The van der Waals surface area contributed by atoms with Crippen LogP contribution < -0.4 is 26.8 Å². The maximum absolute atomic E-state index is 12.6. The van der Waals surface area contributed by atoms with Crippen molar-refractivity contribution in [3.05, 3.63) is 85.1 Å². The van der Waals surface area contributed by atoms with Crippen molar-refractivity contribution in [2.24, 2.45) is 0 Å². The Labute approximate surface area is 185 Å². The number of nitrogens with zero attached hydrogens (tertiary/aromatic N) is 4. The summed E-state index contributed by atoms with van der Waals surface area (Å²) in [6, 6.07) is 8.49. The first kappa shape index (κ1) is 20.4. The fourth-order valence-electron chi connectivity index (χ4n) is 4.08. The smallest absolute Gasteiger partial charge is 0.354 e. The quantitative estimate of drug-likeness (QED) is 0.361. The molecule has 11 nitrogen and oxygen atoms in total. The van der Waals surface area contributed by atoms with Crippen LogP contribution in [0.1, 0.15) is 37.7 Å². The first-order valence-electron chi connectivity index (χ1n) is 10.1. The summed E-state index contributed by atoms with van der Waals surface area (Å²) in [7, 11) is 0. The lowest BCUT2D eigenvalue weighted by molar-refractivity contribution is 0.0687. The van der Waals surface area contributed by atoms with Gasteiger partial charge in [-0.3, -0.25) is 14.4 Å². The number of nitrogens with two attached hydrogens (primary N) is 1. The monoisotopic (exact) mass is 446 g/mol. The molecular formula is C22H18N6O5. The molecule has 1 amide bonds. The molecule has 0 atom stereocenters. The zero-order chi connectivity index (χ0) is 23.3. The highest BCUT2D eigenvalue weighted by molar-refractivity contribution is 5.96. The molecule has 0 saturated heterocycles. The molecule has 0 radical (unpaired) electrons. The summed E-state index contributed by atoms with van der Waals surface area (Å²) in [5.74, 6) is -1.74. The van der Waals surface area contributed by atoms with Crippen molar-refractivity contribution in [2.75, 3.05) is 17.2 Å². The van der Waals surface area contributed by atoms with Crippen LogP contribution in [0.5, 0.6) is 0 Å². The number of anilines is 2. The van der Waals surface area contributed by atoms with Crippen molar-refractivity contribution in [3.8, 4) is 0 Å². The van der Waals surface area contributed by atoms with Gasteiger partial charge in [0.2, 0.25) is 0 Å². The van der Waals surface area contributed by atoms with E-state index in [1.807, 2.05) is 23.1 Å². The molecule has 4 N–H and O–H groups in total. The number of benzene rings is 1. The van der Waals surface area contributed by atoms with Crippen molar-refractivity contribution in [2.45, 2.75) is 19.5 Å². The lowest BCUT2D eigenvalue weighted by Gasteiger charge is -2.32. The van der Waals surface area contributed by atoms with Crippen LogP contribution in [0.3, 0.4) is 0 Å². The Morgan fingerprint density at radius 1 is 1.12 bits per heavy atom. The van der Waals surface area contributed by atoms with Crippen LogP contribution in [0.15, 0.2) is 46.1 Å². The summed E-state index contributed by atoms with van der Waals surface area (Å²) in [6.45, 7) is 1.23. The van der Waals surface area contributed by atoms with Crippen LogP contribution >= 0.6 is 0 Å². The minimum absolute atomic E-state index is 0.00949. The Hall–Kier alpha value is -4.54. The number of nitrogens with one attached hydrogen (secondary N) is 1. The van der Waals surface area contributed by atoms with Gasteiger partial charge < -0.3 is 21.1 Å². The van der Waals surface area contributed by atoms with Crippen LogP contribution in [0.25, 0.3) is 5.65 Å². The molecule has 0 spiro atoms. The van der Waals surface area contributed by atoms with Gasteiger partial charge in [-0.25, -0.2) is 14.3 Å². The molecule has 0 saturated carbocycles. The normalized spacial score (nSPS) is 13.3. The molecule has 0 unspecified atom stereocenters. The second-order valence-electron chi connectivity index (χ2n) is 7.81. The number of hydrogen-bond donors (Lipinski definition) is 3. The SMILES string of the molecule is Nc1c(N2CCc3ccc(CNC(=O)c4cc(C(=O)O)n5nccc5n4)cc3C2)c(=O)c1=O. The van der Waals surface area contributed by atoms with Crippen LogP contribution in [-0.2, 0) is 19.5 Å². The second kappa shape index (κ2) is 7.55. The first-order valence-corrected chi connectivity index (χ1v) is 10.1. The van der Waals surface area contributed by atoms with E-state index in [1.54, 1.807) is 0 Å². The van der Waals surface area contributed by atoms with E-state index in [-0.39, 0.29) is 35.0 Å². The molecule has 2 aromatic heterocycles. The molecule has 0 aliphatic carbocycles. The molecular weight excluding hydrogens is 428 g/mol. The van der Waals surface area contributed by atoms with Crippen molar-refractivity contribution in [1.29, 1.82) is 0 Å². The molecule has 1 aliphatic rings. The van der Waals surface area contributed by atoms with E-state index in [9.17, 15) is 24.3 Å². The van der Waals surface area contributed by atoms with Crippen LogP contribution in [0.4, 0.5) is 11.4 Å². The van der Waals surface area contributed by atoms with Gasteiger partial charge in [0.15, 0.2) is 11.3 Å². The number of hydrogen-bond acceptors (Lipinski definition) is 8. The number of carbonyl (C=O) groups excluding carboxylic acids is 1. The van der Waals surface area contributed by atoms with Crippen molar-refractivity contribution in [3.63, 3.8) is 0 Å². The van der Waals surface area contributed by atoms with E-state index < -0.39 is 22.7 Å². The van der Waals surface area contributed by atoms with Gasteiger partial charge in [0.25, 0.3) is 16.8 Å². The van der Waals surface area contributed by atoms with Gasteiger partial charge in [-0.1, -0.05) is 18.2 Å². The molecule has 2 aromatic carbocycles. The Kier molecular flexibility index (Phi) is 4.66. The largest absolute Gasteiger partial charge is 0.477 e. The lowest BCUT2D eigenvalue weighted by atomic mass is 9.96. The summed E-state index contributed by atoms with van der Waals surface area (Å²) in [5, 5.41) is 16.0. The number of aromatic carboxylic acids is 1. The highest BCUT2D eigenvalue weighted by Gasteiger charge is 2.27. The van der Waals surface area contributed by atoms with Gasteiger partial charge in [0.1, 0.15) is 17.1 Å². The number of carboxylic acids is 1. The maximum atomic E-state index is 12.6. The first-order chi connectivity index (χ1) is 15.8. The van der Waals surface area contributed by atoms with Gasteiger partial charge in [-0.2, -0.15) is 5.10 Å². The Bertz CT molecular complexity index is 1510. The number of fused-ring (bicyclic) bond motifs is 2. The fraction of sp³-hybridized carbons (Fsp3) is 0.182. The third-order valence-electron chi connectivity index (χ3n) is 5.78. The summed E-state index contributed by atoms with van der Waals surface area (Å²) >= 11 is 0. The van der Waals surface area contributed by atoms with E-state index >= 15 is 0 Å². The maximum Gasteiger partial charge on any atom is 0.354 e. The van der Waals surface area contributed by atoms with Crippen molar-refractivity contribution in [1.82, 2.24) is 19.9 Å². The molecule has 0 bridgehead atoms. The summed E-state index contributed by atoms with van der Waals surface area (Å²) in [4.78, 5) is 53.4. The molecule has 0 fully saturated rings. The highest BCUT2D eigenvalue weighted by atomic mass is 16.4. The average Bonchev–Trinajstić information content (AvgIpc) is 3.30. The van der Waals surface area contributed by atoms with E-state index in [1.165, 1.54) is 18.3 Å². The number of carboxylic acid groups (broad SMARTS) is 1. The van der Waals surface area contributed by atoms with E-state index in [0.717, 1.165) is 21.2 Å². The molecule has 33 heavy (non-hydrogen) atoms. The number of aromatic nitrogens is 3. The van der Waals surface area contributed by atoms with Gasteiger partial charge in [-0.05, 0) is 23.1 Å². The Morgan fingerprint density at radius 3 is 2.70 bits per heavy atom. The van der Waals surface area contributed by atoms with Crippen molar-refractivity contribution < 1.29 is 14.7 Å². The molecule has 5 rings (SSSR count). The predicted molar refractivity (Wildman–Crippen MR) is 118 cm³/mol. The molecule has 3 heterocycles.